The molecule has 1 N–H and O–H groups in total. The summed E-state index contributed by atoms with van der Waals surface area (Å²) in [5, 5.41) is 3.40. The molecule has 2 fully saturated rings. The number of aryl methyl sites for hydroxylation is 1. The van der Waals surface area contributed by atoms with Crippen molar-refractivity contribution >= 4 is 47.8 Å². The average molecular weight is 443 g/mol. The van der Waals surface area contributed by atoms with Crippen LogP contribution in [0.1, 0.15) is 31.7 Å². The summed E-state index contributed by atoms with van der Waals surface area (Å²) in [7, 11) is 0. The van der Waals surface area contributed by atoms with Crippen LogP contribution in [0, 0.1) is 18.8 Å². The molecule has 0 radical (unpaired) electrons. The van der Waals surface area contributed by atoms with Gasteiger partial charge in [0.05, 0.1) is 0 Å². The molecule has 29 heavy (non-hydrogen) atoms. The van der Waals surface area contributed by atoms with Crippen LogP contribution in [0.2, 0.25) is 0 Å². The van der Waals surface area contributed by atoms with E-state index in [1.54, 1.807) is 0 Å². The minimum atomic E-state index is 0. The van der Waals surface area contributed by atoms with E-state index in [1.807, 2.05) is 23.1 Å². The number of fused-ring (bicyclic) bond motifs is 1. The largest absolute Gasteiger partial charge is 0.423 e. The molecule has 6 nitrogen and oxygen atoms in total. The van der Waals surface area contributed by atoms with Crippen LogP contribution in [0.3, 0.4) is 0 Å². The molecule has 4 rings (SSSR count). The molecule has 2 aliphatic heterocycles. The summed E-state index contributed by atoms with van der Waals surface area (Å²) >= 11 is 0. The first kappa shape index (κ1) is 23.8. The summed E-state index contributed by atoms with van der Waals surface area (Å²) in [5.74, 6) is 1.45. The quantitative estimate of drug-likeness (QED) is 0.782. The molecule has 0 saturated carbocycles. The van der Waals surface area contributed by atoms with Crippen molar-refractivity contribution in [2.75, 3.05) is 44.2 Å². The van der Waals surface area contributed by atoms with Gasteiger partial charge in [-0.15, -0.1) is 24.8 Å². The molecule has 0 spiro atoms. The fraction of sp³-hybridized carbons (Fsp3) is 0.619. The zero-order valence-electron chi connectivity index (χ0n) is 17.2. The molecule has 8 heteroatoms. The van der Waals surface area contributed by atoms with Crippen molar-refractivity contribution in [1.29, 1.82) is 0 Å². The lowest BCUT2D eigenvalue weighted by molar-refractivity contribution is -0.132. The molecule has 1 aromatic carbocycles. The van der Waals surface area contributed by atoms with E-state index in [0.717, 1.165) is 50.4 Å². The average Bonchev–Trinajstić information content (AvgIpc) is 3.12. The van der Waals surface area contributed by atoms with Crippen LogP contribution < -0.4 is 10.2 Å². The normalized spacial score (nSPS) is 18.8. The van der Waals surface area contributed by atoms with E-state index in [0.29, 0.717) is 30.2 Å². The van der Waals surface area contributed by atoms with Gasteiger partial charge in [-0.1, -0.05) is 13.0 Å². The van der Waals surface area contributed by atoms with Gasteiger partial charge in [-0.05, 0) is 62.4 Å². The second kappa shape index (κ2) is 10.5. The standard InChI is InChI=1S/C21H30N4O2.2ClH/c1-15-3-4-19-18(13-15)23-21(27-19)25-11-9-24(10-12-25)20(26)14-16(2)17-5-7-22-8-6-17;;/h3-4,13,16-17,22H,5-12,14H2,1-2H3;2*1H. The van der Waals surface area contributed by atoms with Gasteiger partial charge in [0.1, 0.15) is 5.52 Å². The van der Waals surface area contributed by atoms with Crippen molar-refractivity contribution in [3.05, 3.63) is 23.8 Å². The molecule has 1 amide bonds. The number of benzene rings is 1. The van der Waals surface area contributed by atoms with Gasteiger partial charge in [-0.2, -0.15) is 4.98 Å². The van der Waals surface area contributed by atoms with Gasteiger partial charge < -0.3 is 19.5 Å². The number of amides is 1. The van der Waals surface area contributed by atoms with Crippen molar-refractivity contribution in [3.8, 4) is 0 Å². The highest BCUT2D eigenvalue weighted by Crippen LogP contribution is 2.26. The maximum atomic E-state index is 12.7. The van der Waals surface area contributed by atoms with Crippen molar-refractivity contribution < 1.29 is 9.21 Å². The first-order chi connectivity index (χ1) is 13.1. The van der Waals surface area contributed by atoms with E-state index in [4.69, 9.17) is 4.42 Å². The smallest absolute Gasteiger partial charge is 0.298 e. The minimum absolute atomic E-state index is 0. The van der Waals surface area contributed by atoms with Crippen molar-refractivity contribution in [1.82, 2.24) is 15.2 Å². The maximum Gasteiger partial charge on any atom is 0.298 e. The zero-order chi connectivity index (χ0) is 18.8. The lowest BCUT2D eigenvalue weighted by Crippen LogP contribution is -2.49. The molecule has 2 saturated heterocycles. The fourth-order valence-corrected chi connectivity index (χ4v) is 4.29. The monoisotopic (exact) mass is 442 g/mol. The third-order valence-electron chi connectivity index (χ3n) is 6.12. The topological polar surface area (TPSA) is 61.6 Å². The highest BCUT2D eigenvalue weighted by molar-refractivity contribution is 5.85. The number of carbonyl (C=O) groups excluding carboxylic acids is 1. The number of anilines is 1. The highest BCUT2D eigenvalue weighted by atomic mass is 35.5. The van der Waals surface area contributed by atoms with Gasteiger partial charge in [-0.25, -0.2) is 0 Å². The number of hydrogen-bond donors (Lipinski definition) is 1. The molecule has 1 atom stereocenters. The van der Waals surface area contributed by atoms with Gasteiger partial charge >= 0.3 is 0 Å². The number of nitrogens with zero attached hydrogens (tertiary/aromatic N) is 3. The summed E-state index contributed by atoms with van der Waals surface area (Å²) in [6.45, 7) is 9.52. The van der Waals surface area contributed by atoms with Crippen LogP contribution in [-0.2, 0) is 4.79 Å². The van der Waals surface area contributed by atoms with E-state index in [1.165, 1.54) is 18.4 Å². The number of aromatic nitrogens is 1. The predicted octanol–water partition coefficient (Wildman–Crippen LogP) is 3.65. The Labute approximate surface area is 185 Å². The molecule has 3 heterocycles. The molecular formula is C21H32Cl2N4O2. The highest BCUT2D eigenvalue weighted by Gasteiger charge is 2.27. The SMILES string of the molecule is Cc1ccc2oc(N3CCN(C(=O)CC(C)C4CCNCC4)CC3)nc2c1.Cl.Cl. The van der Waals surface area contributed by atoms with Gasteiger partial charge in [0.25, 0.3) is 6.01 Å². The Morgan fingerprint density at radius 3 is 2.59 bits per heavy atom. The molecule has 1 unspecified atom stereocenters. The van der Waals surface area contributed by atoms with E-state index < -0.39 is 0 Å². The second-order valence-electron chi connectivity index (χ2n) is 8.10. The number of nitrogens with one attached hydrogen (secondary N) is 1. The number of halogens is 2. The Balaban J connectivity index is 0.00000150. The number of carbonyl (C=O) groups is 1. The summed E-state index contributed by atoms with van der Waals surface area (Å²) < 4.78 is 5.91. The van der Waals surface area contributed by atoms with Gasteiger partial charge in [-0.3, -0.25) is 4.79 Å². The molecule has 2 aliphatic rings. The molecule has 0 aliphatic carbocycles. The Kier molecular flexibility index (Phi) is 8.61. The lowest BCUT2D eigenvalue weighted by Gasteiger charge is -2.35. The van der Waals surface area contributed by atoms with Crippen LogP contribution in [0.4, 0.5) is 6.01 Å². The van der Waals surface area contributed by atoms with Crippen molar-refractivity contribution in [2.24, 2.45) is 11.8 Å². The van der Waals surface area contributed by atoms with Crippen LogP contribution in [-0.4, -0.2) is 55.1 Å². The van der Waals surface area contributed by atoms with Crippen LogP contribution >= 0.6 is 24.8 Å². The minimum Gasteiger partial charge on any atom is -0.423 e. The summed E-state index contributed by atoms with van der Waals surface area (Å²) in [5.41, 5.74) is 2.91. The Hall–Kier alpha value is -1.50. The predicted molar refractivity (Wildman–Crippen MR) is 121 cm³/mol. The van der Waals surface area contributed by atoms with Crippen LogP contribution in [0.15, 0.2) is 22.6 Å². The first-order valence-corrected chi connectivity index (χ1v) is 10.2. The van der Waals surface area contributed by atoms with Crippen molar-refractivity contribution in [3.63, 3.8) is 0 Å². The third kappa shape index (κ3) is 5.56. The fourth-order valence-electron chi connectivity index (χ4n) is 4.29. The Morgan fingerprint density at radius 2 is 1.90 bits per heavy atom. The number of piperidine rings is 1. The Morgan fingerprint density at radius 1 is 1.21 bits per heavy atom. The first-order valence-electron chi connectivity index (χ1n) is 10.2. The maximum absolute atomic E-state index is 12.7. The third-order valence-corrected chi connectivity index (χ3v) is 6.12. The molecule has 2 aromatic rings. The van der Waals surface area contributed by atoms with E-state index in [2.05, 4.69) is 29.0 Å². The summed E-state index contributed by atoms with van der Waals surface area (Å²) in [6.07, 6.45) is 3.06. The van der Waals surface area contributed by atoms with Crippen molar-refractivity contribution in [2.45, 2.75) is 33.1 Å². The summed E-state index contributed by atoms with van der Waals surface area (Å²) in [6, 6.07) is 6.73. The molecular weight excluding hydrogens is 411 g/mol. The second-order valence-corrected chi connectivity index (χ2v) is 8.10. The zero-order valence-corrected chi connectivity index (χ0v) is 18.9. The van der Waals surface area contributed by atoms with E-state index in [-0.39, 0.29) is 24.8 Å². The number of hydrogen-bond acceptors (Lipinski definition) is 5. The van der Waals surface area contributed by atoms with Gasteiger partial charge in [0, 0.05) is 32.6 Å². The Bertz CT molecular complexity index is 799. The summed E-state index contributed by atoms with van der Waals surface area (Å²) in [4.78, 5) is 21.5. The molecule has 162 valence electrons. The van der Waals surface area contributed by atoms with E-state index >= 15 is 0 Å². The number of piperazine rings is 1. The molecule has 1 aromatic heterocycles. The van der Waals surface area contributed by atoms with Crippen LogP contribution in [0.5, 0.6) is 0 Å². The van der Waals surface area contributed by atoms with Gasteiger partial charge in [0.15, 0.2) is 5.58 Å². The van der Waals surface area contributed by atoms with Crippen LogP contribution in [0.25, 0.3) is 11.1 Å². The number of oxazole rings is 1. The molecule has 0 bridgehead atoms. The van der Waals surface area contributed by atoms with Gasteiger partial charge in [0.2, 0.25) is 5.91 Å². The number of rotatable bonds is 4. The lowest BCUT2D eigenvalue weighted by atomic mass is 9.84. The van der Waals surface area contributed by atoms with E-state index in [9.17, 15) is 4.79 Å².